The molecule has 0 saturated heterocycles. The van der Waals surface area contributed by atoms with E-state index in [4.69, 9.17) is 4.74 Å². The number of hydrogen-bond donors (Lipinski definition) is 0. The van der Waals surface area contributed by atoms with E-state index in [1.54, 1.807) is 0 Å². The van der Waals surface area contributed by atoms with Crippen LogP contribution in [0.1, 0.15) is 12.1 Å². The Balaban J connectivity index is 1.60. The van der Waals surface area contributed by atoms with E-state index in [1.165, 1.54) is 0 Å². The first-order valence-corrected chi connectivity index (χ1v) is 8.73. The molecule has 134 valence electrons. The van der Waals surface area contributed by atoms with Crippen LogP contribution >= 0.6 is 0 Å². The Hall–Kier alpha value is -2.34. The van der Waals surface area contributed by atoms with E-state index in [0.717, 1.165) is 31.1 Å². The molecule has 1 aliphatic heterocycles. The fraction of sp³-hybridized carbons (Fsp3) is 0.474. The maximum absolute atomic E-state index is 12.7. The highest BCUT2D eigenvalue weighted by molar-refractivity contribution is 5.76. The Morgan fingerprint density at radius 2 is 2.04 bits per heavy atom. The highest BCUT2D eigenvalue weighted by atomic mass is 16.5. The lowest BCUT2D eigenvalue weighted by atomic mass is 10.1. The number of carbonyl (C=O) groups is 1. The van der Waals surface area contributed by atoms with Crippen molar-refractivity contribution in [1.82, 2.24) is 19.6 Å². The maximum atomic E-state index is 12.7. The summed E-state index contributed by atoms with van der Waals surface area (Å²) in [5.74, 6) is 1.30. The molecule has 1 aromatic heterocycles. The van der Waals surface area contributed by atoms with Gasteiger partial charge in [-0.05, 0) is 32.3 Å². The number of ether oxygens (including phenoxy) is 1. The second-order valence-electron chi connectivity index (χ2n) is 6.82. The van der Waals surface area contributed by atoms with Crippen molar-refractivity contribution >= 4 is 5.91 Å². The van der Waals surface area contributed by atoms with Crippen molar-refractivity contribution in [3.05, 3.63) is 48.3 Å². The van der Waals surface area contributed by atoms with Gasteiger partial charge in [-0.25, -0.2) is 0 Å². The molecule has 0 fully saturated rings. The minimum atomic E-state index is 0.134. The van der Waals surface area contributed by atoms with E-state index in [0.29, 0.717) is 25.5 Å². The number of nitrogens with zero attached hydrogens (tertiary/aromatic N) is 4. The Morgan fingerprint density at radius 3 is 2.80 bits per heavy atom. The van der Waals surface area contributed by atoms with E-state index >= 15 is 0 Å². The Labute approximate surface area is 149 Å². The van der Waals surface area contributed by atoms with E-state index in [1.807, 2.05) is 52.2 Å². The molecule has 0 N–H and O–H groups in total. The van der Waals surface area contributed by atoms with E-state index in [9.17, 15) is 4.79 Å². The van der Waals surface area contributed by atoms with Crippen molar-refractivity contribution in [2.45, 2.75) is 19.5 Å². The highest BCUT2D eigenvalue weighted by Crippen LogP contribution is 2.17. The van der Waals surface area contributed by atoms with Crippen LogP contribution in [0, 0.1) is 5.92 Å². The minimum Gasteiger partial charge on any atom is -0.493 e. The van der Waals surface area contributed by atoms with Gasteiger partial charge in [-0.1, -0.05) is 18.2 Å². The van der Waals surface area contributed by atoms with Crippen LogP contribution in [0.5, 0.6) is 5.75 Å². The van der Waals surface area contributed by atoms with Crippen molar-refractivity contribution in [3.8, 4) is 5.75 Å². The zero-order valence-electron chi connectivity index (χ0n) is 15.0. The highest BCUT2D eigenvalue weighted by Gasteiger charge is 2.25. The molecule has 1 amide bonds. The molecule has 0 radical (unpaired) electrons. The van der Waals surface area contributed by atoms with Gasteiger partial charge in [-0.2, -0.15) is 5.10 Å². The van der Waals surface area contributed by atoms with Crippen LogP contribution in [0.4, 0.5) is 0 Å². The normalized spacial score (nSPS) is 17.2. The zero-order valence-corrected chi connectivity index (χ0v) is 15.0. The zero-order chi connectivity index (χ0) is 17.6. The predicted molar refractivity (Wildman–Crippen MR) is 96.2 cm³/mol. The standard InChI is InChI=1S/C19H26N4O2/c1-21(2)12-16-13-22(15-17-8-10-20-23(17)14-16)19(24)9-11-25-18-6-4-3-5-7-18/h3-8,10,16H,9,11-15H2,1-2H3/t16-/m1/s1. The quantitative estimate of drug-likeness (QED) is 0.804. The number of hydrogen-bond acceptors (Lipinski definition) is 4. The van der Waals surface area contributed by atoms with Gasteiger partial charge in [0.2, 0.25) is 5.91 Å². The fourth-order valence-corrected chi connectivity index (χ4v) is 3.29. The topological polar surface area (TPSA) is 50.6 Å². The van der Waals surface area contributed by atoms with Gasteiger partial charge in [-0.3, -0.25) is 9.48 Å². The van der Waals surface area contributed by atoms with Crippen LogP contribution < -0.4 is 4.74 Å². The second-order valence-corrected chi connectivity index (χ2v) is 6.82. The van der Waals surface area contributed by atoms with Crippen LogP contribution in [0.25, 0.3) is 0 Å². The molecule has 0 unspecified atom stereocenters. The van der Waals surface area contributed by atoms with Gasteiger partial charge in [0.05, 0.1) is 25.3 Å². The van der Waals surface area contributed by atoms with Crippen molar-refractivity contribution in [1.29, 1.82) is 0 Å². The summed E-state index contributed by atoms with van der Waals surface area (Å²) in [6.07, 6.45) is 2.20. The van der Waals surface area contributed by atoms with Crippen LogP contribution in [-0.2, 0) is 17.9 Å². The van der Waals surface area contributed by atoms with E-state index in [-0.39, 0.29) is 5.91 Å². The lowest BCUT2D eigenvalue weighted by Gasteiger charge is -2.26. The summed E-state index contributed by atoms with van der Waals surface area (Å²) in [6, 6.07) is 11.6. The minimum absolute atomic E-state index is 0.134. The Bertz CT molecular complexity index is 684. The lowest BCUT2D eigenvalue weighted by molar-refractivity contribution is -0.133. The van der Waals surface area contributed by atoms with E-state index in [2.05, 4.69) is 24.1 Å². The third-order valence-electron chi connectivity index (χ3n) is 4.37. The molecule has 6 nitrogen and oxygen atoms in total. The average molecular weight is 342 g/mol. The lowest BCUT2D eigenvalue weighted by Crippen LogP contribution is -2.37. The summed E-state index contributed by atoms with van der Waals surface area (Å²) in [7, 11) is 4.13. The number of fused-ring (bicyclic) bond motifs is 1. The predicted octanol–water partition coefficient (Wildman–Crippen LogP) is 1.87. The summed E-state index contributed by atoms with van der Waals surface area (Å²) in [5, 5.41) is 4.41. The summed E-state index contributed by atoms with van der Waals surface area (Å²) < 4.78 is 7.70. The number of rotatable bonds is 6. The van der Waals surface area contributed by atoms with Crippen LogP contribution in [0.15, 0.2) is 42.6 Å². The molecule has 3 rings (SSSR count). The number of para-hydroxylation sites is 1. The van der Waals surface area contributed by atoms with Gasteiger partial charge >= 0.3 is 0 Å². The summed E-state index contributed by atoms with van der Waals surface area (Å²) >= 11 is 0. The first-order chi connectivity index (χ1) is 12.1. The van der Waals surface area contributed by atoms with Gasteiger partial charge in [0.1, 0.15) is 5.75 Å². The molecule has 2 aromatic rings. The first kappa shape index (κ1) is 17.5. The monoisotopic (exact) mass is 342 g/mol. The molecule has 0 saturated carbocycles. The van der Waals surface area contributed by atoms with Crippen LogP contribution in [-0.4, -0.2) is 59.3 Å². The largest absolute Gasteiger partial charge is 0.493 e. The SMILES string of the molecule is CN(C)C[C@@H]1CN(C(=O)CCOc2ccccc2)Cc2ccnn2C1. The summed E-state index contributed by atoms with van der Waals surface area (Å²) in [6.45, 7) is 3.56. The molecule has 1 aliphatic rings. The average Bonchev–Trinajstić information content (AvgIpc) is 2.94. The van der Waals surface area contributed by atoms with Crippen molar-refractivity contribution < 1.29 is 9.53 Å². The molecule has 6 heteroatoms. The second kappa shape index (κ2) is 8.16. The van der Waals surface area contributed by atoms with Gasteiger partial charge in [0.25, 0.3) is 0 Å². The van der Waals surface area contributed by atoms with Gasteiger partial charge in [0.15, 0.2) is 0 Å². The third-order valence-corrected chi connectivity index (χ3v) is 4.37. The van der Waals surface area contributed by atoms with Crippen LogP contribution in [0.2, 0.25) is 0 Å². The summed E-state index contributed by atoms with van der Waals surface area (Å²) in [5.41, 5.74) is 1.10. The molecule has 0 bridgehead atoms. The third kappa shape index (κ3) is 4.82. The van der Waals surface area contributed by atoms with Gasteiger partial charge in [-0.15, -0.1) is 0 Å². The number of amides is 1. The molecule has 2 heterocycles. The summed E-state index contributed by atoms with van der Waals surface area (Å²) in [4.78, 5) is 16.8. The molecular weight excluding hydrogens is 316 g/mol. The smallest absolute Gasteiger partial charge is 0.226 e. The Kier molecular flexibility index (Phi) is 5.71. The molecular formula is C19H26N4O2. The molecule has 0 aliphatic carbocycles. The fourth-order valence-electron chi connectivity index (χ4n) is 3.29. The number of carbonyl (C=O) groups excluding carboxylic acids is 1. The van der Waals surface area contributed by atoms with Crippen molar-refractivity contribution in [2.24, 2.45) is 5.92 Å². The van der Waals surface area contributed by atoms with Crippen molar-refractivity contribution in [3.63, 3.8) is 0 Å². The molecule has 0 spiro atoms. The number of benzene rings is 1. The molecule has 25 heavy (non-hydrogen) atoms. The maximum Gasteiger partial charge on any atom is 0.226 e. The molecule has 1 aromatic carbocycles. The van der Waals surface area contributed by atoms with Gasteiger partial charge in [0, 0.05) is 31.7 Å². The first-order valence-electron chi connectivity index (χ1n) is 8.73. The van der Waals surface area contributed by atoms with Gasteiger partial charge < -0.3 is 14.5 Å². The van der Waals surface area contributed by atoms with Crippen molar-refractivity contribution in [2.75, 3.05) is 33.8 Å². The number of aromatic nitrogens is 2. The van der Waals surface area contributed by atoms with Crippen LogP contribution in [0.3, 0.4) is 0 Å². The van der Waals surface area contributed by atoms with E-state index < -0.39 is 0 Å². The Morgan fingerprint density at radius 1 is 1.24 bits per heavy atom. The molecule has 1 atom stereocenters.